The summed E-state index contributed by atoms with van der Waals surface area (Å²) in [6.07, 6.45) is 0. The summed E-state index contributed by atoms with van der Waals surface area (Å²) in [4.78, 5) is 29.7. The summed E-state index contributed by atoms with van der Waals surface area (Å²) in [7, 11) is 0. The van der Waals surface area contributed by atoms with Crippen LogP contribution < -0.4 is 11.0 Å². The number of hydrogen-bond acceptors (Lipinski definition) is 4. The molecule has 0 saturated heterocycles. The molecule has 0 spiro atoms. The highest BCUT2D eigenvalue weighted by molar-refractivity contribution is 7.09. The predicted molar refractivity (Wildman–Crippen MR) is 113 cm³/mol. The number of hydrogen-bond donors (Lipinski definition) is 1. The van der Waals surface area contributed by atoms with Gasteiger partial charge in [-0.2, -0.15) is 0 Å². The van der Waals surface area contributed by atoms with Crippen LogP contribution in [0.25, 0.3) is 22.3 Å². The summed E-state index contributed by atoms with van der Waals surface area (Å²) >= 11 is 1.61. The van der Waals surface area contributed by atoms with Crippen LogP contribution in [0.5, 0.6) is 0 Å². The van der Waals surface area contributed by atoms with Crippen molar-refractivity contribution in [3.63, 3.8) is 0 Å². The van der Waals surface area contributed by atoms with Crippen molar-refractivity contribution in [2.45, 2.75) is 26.9 Å². The van der Waals surface area contributed by atoms with Gasteiger partial charge < -0.3 is 5.32 Å². The molecule has 4 rings (SSSR count). The number of imidazole rings is 1. The SMILES string of the molecule is CCn1c(=O)n(CC(=O)Nc2ccc(-c3csc(C)n3)cc2)c2ccccc21. The summed E-state index contributed by atoms with van der Waals surface area (Å²) in [6, 6.07) is 15.1. The number of carbonyl (C=O) groups excluding carboxylic acids is 1. The third kappa shape index (κ3) is 3.36. The maximum atomic E-state index is 12.7. The van der Waals surface area contributed by atoms with Crippen LogP contribution in [-0.2, 0) is 17.9 Å². The third-order valence-electron chi connectivity index (χ3n) is 4.63. The first kappa shape index (κ1) is 18.2. The Balaban J connectivity index is 1.53. The van der Waals surface area contributed by atoms with Crippen molar-refractivity contribution in [3.05, 3.63) is 69.4 Å². The fourth-order valence-corrected chi connectivity index (χ4v) is 3.92. The lowest BCUT2D eigenvalue weighted by atomic mass is 10.1. The van der Waals surface area contributed by atoms with Crippen LogP contribution in [0.1, 0.15) is 11.9 Å². The molecule has 28 heavy (non-hydrogen) atoms. The minimum atomic E-state index is -0.238. The van der Waals surface area contributed by atoms with E-state index in [1.54, 1.807) is 15.9 Å². The summed E-state index contributed by atoms with van der Waals surface area (Å²) in [5.74, 6) is -0.238. The second kappa shape index (κ2) is 7.44. The lowest BCUT2D eigenvalue weighted by molar-refractivity contribution is -0.116. The largest absolute Gasteiger partial charge is 0.329 e. The first-order valence-electron chi connectivity index (χ1n) is 9.07. The quantitative estimate of drug-likeness (QED) is 0.560. The van der Waals surface area contributed by atoms with Gasteiger partial charge in [0.05, 0.1) is 21.7 Å². The number of aromatic nitrogens is 3. The maximum Gasteiger partial charge on any atom is 0.329 e. The molecule has 142 valence electrons. The minimum Gasteiger partial charge on any atom is -0.325 e. The molecule has 2 heterocycles. The van der Waals surface area contributed by atoms with Crippen LogP contribution in [0.4, 0.5) is 5.69 Å². The summed E-state index contributed by atoms with van der Waals surface area (Å²) < 4.78 is 3.19. The second-order valence-electron chi connectivity index (χ2n) is 6.48. The Hall–Kier alpha value is -3.19. The van der Waals surface area contributed by atoms with Crippen LogP contribution in [0.2, 0.25) is 0 Å². The van der Waals surface area contributed by atoms with Crippen molar-refractivity contribution in [3.8, 4) is 11.3 Å². The molecule has 4 aromatic rings. The highest BCUT2D eigenvalue weighted by Gasteiger charge is 2.14. The monoisotopic (exact) mass is 392 g/mol. The zero-order valence-corrected chi connectivity index (χ0v) is 16.5. The maximum absolute atomic E-state index is 12.7. The lowest BCUT2D eigenvalue weighted by Crippen LogP contribution is -2.29. The van der Waals surface area contributed by atoms with E-state index in [4.69, 9.17) is 0 Å². The van der Waals surface area contributed by atoms with E-state index in [-0.39, 0.29) is 18.1 Å². The molecule has 2 aromatic heterocycles. The fraction of sp³-hybridized carbons (Fsp3) is 0.190. The Bertz CT molecular complexity index is 1200. The molecule has 1 amide bonds. The molecule has 0 aliphatic carbocycles. The molecule has 6 nitrogen and oxygen atoms in total. The summed E-state index contributed by atoms with van der Waals surface area (Å²) in [5, 5.41) is 5.90. The van der Waals surface area contributed by atoms with Gasteiger partial charge in [-0.25, -0.2) is 9.78 Å². The molecule has 0 bridgehead atoms. The smallest absolute Gasteiger partial charge is 0.325 e. The van der Waals surface area contributed by atoms with E-state index in [0.29, 0.717) is 12.2 Å². The number of thiazole rings is 1. The Morgan fingerprint density at radius 1 is 1.07 bits per heavy atom. The van der Waals surface area contributed by atoms with Crippen LogP contribution >= 0.6 is 11.3 Å². The molecular formula is C21H20N4O2S. The van der Waals surface area contributed by atoms with E-state index < -0.39 is 0 Å². The number of nitrogens with one attached hydrogen (secondary N) is 1. The Kier molecular flexibility index (Phi) is 4.83. The van der Waals surface area contributed by atoms with Gasteiger partial charge in [-0.15, -0.1) is 11.3 Å². The van der Waals surface area contributed by atoms with E-state index >= 15 is 0 Å². The number of anilines is 1. The first-order chi connectivity index (χ1) is 13.6. The molecule has 0 aliphatic heterocycles. The number of rotatable bonds is 5. The van der Waals surface area contributed by atoms with Gasteiger partial charge in [-0.1, -0.05) is 24.3 Å². The van der Waals surface area contributed by atoms with Gasteiger partial charge in [0.2, 0.25) is 5.91 Å². The third-order valence-corrected chi connectivity index (χ3v) is 5.40. The van der Waals surface area contributed by atoms with Gasteiger partial charge in [0, 0.05) is 23.2 Å². The number of aryl methyl sites for hydroxylation is 2. The van der Waals surface area contributed by atoms with Crippen molar-refractivity contribution in [2.75, 3.05) is 5.32 Å². The number of fused-ring (bicyclic) bond motifs is 1. The van der Waals surface area contributed by atoms with E-state index in [0.717, 1.165) is 27.3 Å². The Morgan fingerprint density at radius 3 is 2.36 bits per heavy atom. The average Bonchev–Trinajstić information content (AvgIpc) is 3.24. The normalized spacial score (nSPS) is 11.1. The zero-order chi connectivity index (χ0) is 19.7. The van der Waals surface area contributed by atoms with E-state index in [2.05, 4.69) is 10.3 Å². The first-order valence-corrected chi connectivity index (χ1v) is 9.95. The van der Waals surface area contributed by atoms with Crippen molar-refractivity contribution in [1.29, 1.82) is 0 Å². The molecule has 0 atom stereocenters. The molecule has 0 aliphatic rings. The van der Waals surface area contributed by atoms with Gasteiger partial charge in [0.1, 0.15) is 6.54 Å². The number of amides is 1. The van der Waals surface area contributed by atoms with Gasteiger partial charge in [-0.3, -0.25) is 13.9 Å². The molecule has 0 unspecified atom stereocenters. The highest BCUT2D eigenvalue weighted by Crippen LogP contribution is 2.23. The van der Waals surface area contributed by atoms with E-state index in [9.17, 15) is 9.59 Å². The van der Waals surface area contributed by atoms with Crippen molar-refractivity contribution in [1.82, 2.24) is 14.1 Å². The van der Waals surface area contributed by atoms with Gasteiger partial charge >= 0.3 is 5.69 Å². The fourth-order valence-electron chi connectivity index (χ4n) is 3.30. The highest BCUT2D eigenvalue weighted by atomic mass is 32.1. The molecule has 0 saturated carbocycles. The number of carbonyl (C=O) groups is 1. The van der Waals surface area contributed by atoms with Gasteiger partial charge in [-0.05, 0) is 38.1 Å². The molecule has 2 aromatic carbocycles. The molecule has 7 heteroatoms. The van der Waals surface area contributed by atoms with Crippen LogP contribution in [-0.4, -0.2) is 20.0 Å². The van der Waals surface area contributed by atoms with E-state index in [1.807, 2.05) is 67.8 Å². The standard InChI is InChI=1S/C21H20N4O2S/c1-3-24-18-6-4-5-7-19(18)25(21(24)27)12-20(26)23-16-10-8-15(9-11-16)17-13-28-14(2)22-17/h4-11,13H,3,12H2,1-2H3,(H,23,26). The van der Waals surface area contributed by atoms with Crippen molar-refractivity contribution < 1.29 is 4.79 Å². The molecule has 0 radical (unpaired) electrons. The number of para-hydroxylation sites is 2. The zero-order valence-electron chi connectivity index (χ0n) is 15.7. The Morgan fingerprint density at radius 2 is 1.75 bits per heavy atom. The van der Waals surface area contributed by atoms with Crippen LogP contribution in [0.15, 0.2) is 58.7 Å². The second-order valence-corrected chi connectivity index (χ2v) is 7.54. The predicted octanol–water partition coefficient (Wildman–Crippen LogP) is 3.89. The number of benzene rings is 2. The minimum absolute atomic E-state index is 0.0284. The average molecular weight is 392 g/mol. The molecule has 0 fully saturated rings. The lowest BCUT2D eigenvalue weighted by Gasteiger charge is -2.07. The Labute approximate surface area is 166 Å². The van der Waals surface area contributed by atoms with Gasteiger partial charge in [0.25, 0.3) is 0 Å². The van der Waals surface area contributed by atoms with Crippen molar-refractivity contribution in [2.24, 2.45) is 0 Å². The molecule has 1 N–H and O–H groups in total. The molecular weight excluding hydrogens is 372 g/mol. The van der Waals surface area contributed by atoms with Crippen LogP contribution in [0.3, 0.4) is 0 Å². The van der Waals surface area contributed by atoms with E-state index in [1.165, 1.54) is 4.57 Å². The van der Waals surface area contributed by atoms with Crippen molar-refractivity contribution >= 4 is 34.0 Å². The number of nitrogens with zero attached hydrogens (tertiary/aromatic N) is 3. The van der Waals surface area contributed by atoms with Crippen LogP contribution in [0, 0.1) is 6.92 Å². The topological polar surface area (TPSA) is 68.9 Å². The summed E-state index contributed by atoms with van der Waals surface area (Å²) in [5.41, 5.74) is 4.05. The summed E-state index contributed by atoms with van der Waals surface area (Å²) in [6.45, 7) is 4.43. The van der Waals surface area contributed by atoms with Gasteiger partial charge in [0.15, 0.2) is 0 Å².